The van der Waals surface area contributed by atoms with Crippen molar-refractivity contribution in [1.82, 2.24) is 0 Å². The first-order valence-corrected chi connectivity index (χ1v) is 9.26. The van der Waals surface area contributed by atoms with Crippen LogP contribution in [0.15, 0.2) is 53.4 Å². The molecule has 25 heavy (non-hydrogen) atoms. The highest BCUT2D eigenvalue weighted by Crippen LogP contribution is 2.21. The molecule has 0 aliphatic heterocycles. The van der Waals surface area contributed by atoms with E-state index in [-0.39, 0.29) is 6.42 Å². The number of carbonyl (C=O) groups is 2. The Labute approximate surface area is 156 Å². The molecule has 2 aromatic carbocycles. The summed E-state index contributed by atoms with van der Waals surface area (Å²) >= 11 is 7.57. The van der Waals surface area contributed by atoms with Crippen LogP contribution >= 0.6 is 23.4 Å². The van der Waals surface area contributed by atoms with E-state index in [4.69, 9.17) is 16.3 Å². The number of aryl methyl sites for hydroxylation is 1. The third kappa shape index (κ3) is 6.44. The normalized spacial score (nSPS) is 11.6. The zero-order valence-corrected chi connectivity index (χ0v) is 15.7. The third-order valence-corrected chi connectivity index (χ3v) is 4.75. The highest BCUT2D eigenvalue weighted by atomic mass is 35.5. The van der Waals surface area contributed by atoms with Crippen LogP contribution in [0.3, 0.4) is 0 Å². The lowest BCUT2D eigenvalue weighted by molar-refractivity contribution is -0.152. The average molecular weight is 378 g/mol. The molecule has 1 amide bonds. The van der Waals surface area contributed by atoms with Gasteiger partial charge in [-0.25, -0.2) is 0 Å². The van der Waals surface area contributed by atoms with E-state index in [1.807, 2.05) is 31.2 Å². The minimum atomic E-state index is -0.881. The fourth-order valence-corrected chi connectivity index (χ4v) is 3.01. The molecule has 0 heterocycles. The summed E-state index contributed by atoms with van der Waals surface area (Å²) in [6.45, 7) is 3.57. The summed E-state index contributed by atoms with van der Waals surface area (Å²) in [5.41, 5.74) is 1.69. The molecule has 0 fully saturated rings. The van der Waals surface area contributed by atoms with E-state index >= 15 is 0 Å². The van der Waals surface area contributed by atoms with Crippen LogP contribution in [0.1, 0.15) is 18.9 Å². The smallest absolute Gasteiger partial charge is 0.307 e. The predicted molar refractivity (Wildman–Crippen MR) is 102 cm³/mol. The van der Waals surface area contributed by atoms with Crippen molar-refractivity contribution in [3.8, 4) is 0 Å². The number of rotatable bonds is 7. The second-order valence-electron chi connectivity index (χ2n) is 5.51. The Morgan fingerprint density at radius 1 is 1.16 bits per heavy atom. The van der Waals surface area contributed by atoms with Crippen molar-refractivity contribution < 1.29 is 14.3 Å². The Balaban J connectivity index is 1.74. The SMILES string of the molecule is Cc1ccc(SCCC(=O)OC(C)C(=O)Nc2ccccc2Cl)cc1. The summed E-state index contributed by atoms with van der Waals surface area (Å²) < 4.78 is 5.17. The van der Waals surface area contributed by atoms with E-state index in [9.17, 15) is 9.59 Å². The number of halogens is 1. The largest absolute Gasteiger partial charge is 0.453 e. The molecular formula is C19H20ClNO3S. The van der Waals surface area contributed by atoms with Gasteiger partial charge >= 0.3 is 5.97 Å². The quantitative estimate of drug-likeness (QED) is 0.561. The Morgan fingerprint density at radius 3 is 2.52 bits per heavy atom. The maximum atomic E-state index is 12.1. The number of amides is 1. The second kappa shape index (κ2) is 9.49. The van der Waals surface area contributed by atoms with Gasteiger partial charge in [-0.15, -0.1) is 11.8 Å². The van der Waals surface area contributed by atoms with Gasteiger partial charge in [0.2, 0.25) is 0 Å². The summed E-state index contributed by atoms with van der Waals surface area (Å²) in [7, 11) is 0. The lowest BCUT2D eigenvalue weighted by Gasteiger charge is -2.14. The van der Waals surface area contributed by atoms with E-state index < -0.39 is 18.0 Å². The van der Waals surface area contributed by atoms with Gasteiger partial charge in [0.1, 0.15) is 0 Å². The highest BCUT2D eigenvalue weighted by molar-refractivity contribution is 7.99. The van der Waals surface area contributed by atoms with Crippen molar-refractivity contribution in [1.29, 1.82) is 0 Å². The molecule has 1 unspecified atom stereocenters. The molecule has 0 aromatic heterocycles. The number of para-hydroxylation sites is 1. The van der Waals surface area contributed by atoms with Crippen LogP contribution in [-0.4, -0.2) is 23.7 Å². The van der Waals surface area contributed by atoms with Crippen LogP contribution in [-0.2, 0) is 14.3 Å². The van der Waals surface area contributed by atoms with E-state index in [1.54, 1.807) is 36.0 Å². The van der Waals surface area contributed by atoms with Gasteiger partial charge in [-0.3, -0.25) is 9.59 Å². The fourth-order valence-electron chi connectivity index (χ4n) is 1.99. The van der Waals surface area contributed by atoms with Crippen LogP contribution in [0.2, 0.25) is 5.02 Å². The summed E-state index contributed by atoms with van der Waals surface area (Å²) in [5.74, 6) is -0.213. The zero-order valence-electron chi connectivity index (χ0n) is 14.1. The molecule has 6 heteroatoms. The van der Waals surface area contributed by atoms with Crippen molar-refractivity contribution in [2.45, 2.75) is 31.3 Å². The first-order valence-electron chi connectivity index (χ1n) is 7.90. The highest BCUT2D eigenvalue weighted by Gasteiger charge is 2.18. The maximum Gasteiger partial charge on any atom is 0.307 e. The summed E-state index contributed by atoms with van der Waals surface area (Å²) in [4.78, 5) is 25.1. The number of benzene rings is 2. The molecule has 0 saturated carbocycles. The lowest BCUT2D eigenvalue weighted by atomic mass is 10.2. The Kier molecular flexibility index (Phi) is 7.34. The zero-order chi connectivity index (χ0) is 18.2. The third-order valence-electron chi connectivity index (χ3n) is 3.41. The van der Waals surface area contributed by atoms with Gasteiger partial charge in [-0.2, -0.15) is 0 Å². The van der Waals surface area contributed by atoms with Gasteiger partial charge in [-0.05, 0) is 38.1 Å². The number of esters is 1. The van der Waals surface area contributed by atoms with Crippen LogP contribution < -0.4 is 5.32 Å². The molecular weight excluding hydrogens is 358 g/mol. The predicted octanol–water partition coefficient (Wildman–Crippen LogP) is 4.70. The number of hydrogen-bond donors (Lipinski definition) is 1. The number of thioether (sulfide) groups is 1. The fraction of sp³-hybridized carbons (Fsp3) is 0.263. The maximum absolute atomic E-state index is 12.1. The molecule has 0 saturated heterocycles. The van der Waals surface area contributed by atoms with E-state index in [2.05, 4.69) is 5.32 Å². The number of ether oxygens (including phenoxy) is 1. The average Bonchev–Trinajstić information content (AvgIpc) is 2.58. The molecule has 0 aliphatic carbocycles. The van der Waals surface area contributed by atoms with Gasteiger partial charge < -0.3 is 10.1 Å². The minimum Gasteiger partial charge on any atom is -0.453 e. The van der Waals surface area contributed by atoms with Crippen molar-refractivity contribution in [3.05, 3.63) is 59.1 Å². The number of hydrogen-bond acceptors (Lipinski definition) is 4. The van der Waals surface area contributed by atoms with Crippen LogP contribution in [0.25, 0.3) is 0 Å². The lowest BCUT2D eigenvalue weighted by Crippen LogP contribution is -2.30. The van der Waals surface area contributed by atoms with Crippen LogP contribution in [0.5, 0.6) is 0 Å². The molecule has 1 N–H and O–H groups in total. The standard InChI is InChI=1S/C19H20ClNO3S/c1-13-7-9-15(10-8-13)25-12-11-18(22)24-14(2)19(23)21-17-6-4-3-5-16(17)20/h3-10,14H,11-12H2,1-2H3,(H,21,23). The summed E-state index contributed by atoms with van der Waals surface area (Å²) in [6.07, 6.45) is -0.643. The molecule has 1 atom stereocenters. The Hall–Kier alpha value is -1.98. The van der Waals surface area contributed by atoms with Crippen molar-refractivity contribution >= 4 is 40.9 Å². The van der Waals surface area contributed by atoms with E-state index in [0.29, 0.717) is 16.5 Å². The first-order chi connectivity index (χ1) is 12.0. The molecule has 0 bridgehead atoms. The van der Waals surface area contributed by atoms with Crippen LogP contribution in [0, 0.1) is 6.92 Å². The van der Waals surface area contributed by atoms with Gasteiger partial charge in [0.25, 0.3) is 5.91 Å². The van der Waals surface area contributed by atoms with Crippen LogP contribution in [0.4, 0.5) is 5.69 Å². The molecule has 0 radical (unpaired) electrons. The van der Waals surface area contributed by atoms with Crippen molar-refractivity contribution in [2.75, 3.05) is 11.1 Å². The number of nitrogens with one attached hydrogen (secondary N) is 1. The van der Waals surface area contributed by atoms with Gasteiger partial charge in [-0.1, -0.05) is 41.4 Å². The Bertz CT molecular complexity index is 734. The van der Waals surface area contributed by atoms with Gasteiger partial charge in [0.05, 0.1) is 17.1 Å². The van der Waals surface area contributed by atoms with Crippen molar-refractivity contribution in [2.24, 2.45) is 0 Å². The number of anilines is 1. The topological polar surface area (TPSA) is 55.4 Å². The Morgan fingerprint density at radius 2 is 1.84 bits per heavy atom. The van der Waals surface area contributed by atoms with Gasteiger partial charge in [0.15, 0.2) is 6.10 Å². The molecule has 132 valence electrons. The molecule has 4 nitrogen and oxygen atoms in total. The van der Waals surface area contributed by atoms with Crippen molar-refractivity contribution in [3.63, 3.8) is 0 Å². The molecule has 2 aromatic rings. The second-order valence-corrected chi connectivity index (χ2v) is 7.09. The molecule has 0 spiro atoms. The number of carbonyl (C=O) groups excluding carboxylic acids is 2. The van der Waals surface area contributed by atoms with E-state index in [1.165, 1.54) is 12.5 Å². The van der Waals surface area contributed by atoms with E-state index in [0.717, 1.165) is 4.90 Å². The monoisotopic (exact) mass is 377 g/mol. The first kappa shape index (κ1) is 19.3. The summed E-state index contributed by atoms with van der Waals surface area (Å²) in [6, 6.07) is 15.0. The minimum absolute atomic E-state index is 0.238. The molecule has 2 rings (SSSR count). The molecule has 0 aliphatic rings. The van der Waals surface area contributed by atoms with Gasteiger partial charge in [0, 0.05) is 10.6 Å². The summed E-state index contributed by atoms with van der Waals surface area (Å²) in [5, 5.41) is 3.08.